The number of halogens is 2. The van der Waals surface area contributed by atoms with Crippen LogP contribution in [0.1, 0.15) is 77.8 Å². The molecule has 4 aliphatic heterocycles. The van der Waals surface area contributed by atoms with Gasteiger partial charge in [-0.1, -0.05) is 43.2 Å². The van der Waals surface area contributed by atoms with Crippen LogP contribution in [0, 0.1) is 16.6 Å². The van der Waals surface area contributed by atoms with Gasteiger partial charge in [-0.3, -0.25) is 29.4 Å². The standard InChI is InChI=1S/C34H36ClFN4O4/c1-33(2)12-11-21(25(13-33)20-3-5-22(35)6-4-20)14-38-16-34(17-38)18-39(19-34)31(43)24-8-7-23-26(29(24)36)15-40(32(23)44)27-9-10-28(41)37-30(27)42/h3-8,27H,9-19H2,1-2H3,(H,37,41,42). The molecule has 3 saturated heterocycles. The maximum atomic E-state index is 15.7. The second kappa shape index (κ2) is 10.5. The molecule has 4 heterocycles. The predicted octanol–water partition coefficient (Wildman–Crippen LogP) is 4.66. The summed E-state index contributed by atoms with van der Waals surface area (Å²) < 4.78 is 15.7. The lowest BCUT2D eigenvalue weighted by molar-refractivity contribution is -0.136. The molecule has 5 aliphatic rings. The van der Waals surface area contributed by atoms with Crippen molar-refractivity contribution in [3.8, 4) is 0 Å². The van der Waals surface area contributed by atoms with Crippen molar-refractivity contribution in [2.45, 2.75) is 58.5 Å². The molecule has 0 aromatic heterocycles. The SMILES string of the molecule is CC1(C)CCC(CN2CC3(C2)CN(C(=O)c2ccc4c(c2F)CN(C2CCC(=O)NC2=O)C4=O)C3)=C(c2ccc(Cl)cc2)C1. The lowest BCUT2D eigenvalue weighted by Gasteiger charge is -2.60. The second-order valence-electron chi connectivity index (χ2n) is 14.1. The zero-order valence-corrected chi connectivity index (χ0v) is 25.8. The van der Waals surface area contributed by atoms with Crippen molar-refractivity contribution >= 4 is 40.8 Å². The van der Waals surface area contributed by atoms with E-state index in [0.717, 1.165) is 43.9 Å². The van der Waals surface area contributed by atoms with E-state index in [2.05, 4.69) is 36.2 Å². The van der Waals surface area contributed by atoms with Gasteiger partial charge < -0.3 is 9.80 Å². The molecular weight excluding hydrogens is 583 g/mol. The fourth-order valence-corrected chi connectivity index (χ4v) is 7.92. The van der Waals surface area contributed by atoms with Crippen LogP contribution in [0.2, 0.25) is 5.02 Å². The molecule has 1 N–H and O–H groups in total. The number of rotatable bonds is 5. The van der Waals surface area contributed by atoms with Crippen LogP contribution in [0.25, 0.3) is 5.57 Å². The van der Waals surface area contributed by atoms with Gasteiger partial charge in [0.25, 0.3) is 11.8 Å². The van der Waals surface area contributed by atoms with Gasteiger partial charge in [0.15, 0.2) is 0 Å². The molecule has 0 radical (unpaired) electrons. The Labute approximate surface area is 261 Å². The number of amides is 4. The Hall–Kier alpha value is -3.56. The van der Waals surface area contributed by atoms with Crippen LogP contribution in [0.3, 0.4) is 0 Å². The highest BCUT2D eigenvalue weighted by Crippen LogP contribution is 2.46. The molecule has 1 aliphatic carbocycles. The Balaban J connectivity index is 0.988. The number of hydrogen-bond donors (Lipinski definition) is 1. The molecule has 7 rings (SSSR count). The molecule has 1 spiro atoms. The molecule has 0 saturated carbocycles. The summed E-state index contributed by atoms with van der Waals surface area (Å²) in [4.78, 5) is 55.7. The van der Waals surface area contributed by atoms with Crippen molar-refractivity contribution in [1.82, 2.24) is 20.0 Å². The Morgan fingerprint density at radius 1 is 1.02 bits per heavy atom. The van der Waals surface area contributed by atoms with Crippen LogP contribution >= 0.6 is 11.6 Å². The largest absolute Gasteiger partial charge is 0.337 e. The number of imide groups is 1. The molecule has 4 amide bonds. The third-order valence-electron chi connectivity index (χ3n) is 10.1. The number of benzene rings is 2. The number of fused-ring (bicyclic) bond motifs is 1. The van der Waals surface area contributed by atoms with Crippen LogP contribution in [-0.4, -0.2) is 77.1 Å². The Kier molecular flexibility index (Phi) is 6.97. The first-order chi connectivity index (χ1) is 20.9. The molecule has 8 nitrogen and oxygen atoms in total. The van der Waals surface area contributed by atoms with E-state index in [1.54, 1.807) is 4.90 Å². The number of carbonyl (C=O) groups excluding carboxylic acids is 4. The average Bonchev–Trinajstić information content (AvgIpc) is 3.27. The number of hydrogen-bond acceptors (Lipinski definition) is 5. The fraction of sp³-hybridized carbons (Fsp3) is 0.471. The van der Waals surface area contributed by atoms with Crippen LogP contribution in [0.15, 0.2) is 42.0 Å². The Bertz CT molecular complexity index is 1620. The highest BCUT2D eigenvalue weighted by molar-refractivity contribution is 6.30. The third kappa shape index (κ3) is 5.04. The van der Waals surface area contributed by atoms with Gasteiger partial charge in [-0.25, -0.2) is 4.39 Å². The van der Waals surface area contributed by atoms with Gasteiger partial charge >= 0.3 is 0 Å². The van der Waals surface area contributed by atoms with Crippen LogP contribution in [0.4, 0.5) is 4.39 Å². The fourth-order valence-electron chi connectivity index (χ4n) is 7.79. The monoisotopic (exact) mass is 618 g/mol. The number of likely N-dealkylation sites (tertiary alicyclic amines) is 2. The number of piperidine rings is 1. The van der Waals surface area contributed by atoms with Crippen molar-refractivity contribution in [3.05, 3.63) is 75.1 Å². The summed E-state index contributed by atoms with van der Waals surface area (Å²) in [7, 11) is 0. The van der Waals surface area contributed by atoms with E-state index in [1.807, 2.05) is 12.1 Å². The van der Waals surface area contributed by atoms with E-state index in [-0.39, 0.29) is 58.7 Å². The van der Waals surface area contributed by atoms with E-state index in [4.69, 9.17) is 11.6 Å². The predicted molar refractivity (Wildman–Crippen MR) is 163 cm³/mol. The van der Waals surface area contributed by atoms with E-state index < -0.39 is 23.7 Å². The van der Waals surface area contributed by atoms with Gasteiger partial charge in [-0.2, -0.15) is 0 Å². The zero-order valence-electron chi connectivity index (χ0n) is 25.1. The van der Waals surface area contributed by atoms with Crippen molar-refractivity contribution in [1.29, 1.82) is 0 Å². The minimum Gasteiger partial charge on any atom is -0.337 e. The smallest absolute Gasteiger partial charge is 0.256 e. The van der Waals surface area contributed by atoms with Gasteiger partial charge in [0.1, 0.15) is 11.9 Å². The summed E-state index contributed by atoms with van der Waals surface area (Å²) >= 11 is 6.16. The maximum absolute atomic E-state index is 15.7. The minimum atomic E-state index is -0.832. The van der Waals surface area contributed by atoms with E-state index in [1.165, 1.54) is 33.7 Å². The Morgan fingerprint density at radius 2 is 1.75 bits per heavy atom. The highest BCUT2D eigenvalue weighted by Gasteiger charge is 2.53. The number of carbonyl (C=O) groups is 4. The molecule has 3 fully saturated rings. The normalized spacial score (nSPS) is 24.3. The topological polar surface area (TPSA) is 90.0 Å². The minimum absolute atomic E-state index is 0.0380. The summed E-state index contributed by atoms with van der Waals surface area (Å²) in [5.41, 5.74) is 4.69. The van der Waals surface area contributed by atoms with Crippen LogP contribution in [-0.2, 0) is 16.1 Å². The number of allylic oxidation sites excluding steroid dienone is 1. The van der Waals surface area contributed by atoms with Crippen molar-refractivity contribution in [2.24, 2.45) is 10.8 Å². The summed E-state index contributed by atoms with van der Waals surface area (Å²) in [5, 5.41) is 2.99. The summed E-state index contributed by atoms with van der Waals surface area (Å²) in [5.74, 6) is -2.46. The first-order valence-corrected chi connectivity index (χ1v) is 15.7. The second-order valence-corrected chi connectivity index (χ2v) is 14.5. The molecule has 230 valence electrons. The van der Waals surface area contributed by atoms with Crippen molar-refractivity contribution in [2.75, 3.05) is 32.7 Å². The number of nitrogens with zero attached hydrogens (tertiary/aromatic N) is 3. The number of nitrogens with one attached hydrogen (secondary N) is 1. The first-order valence-electron chi connectivity index (χ1n) is 15.4. The zero-order chi connectivity index (χ0) is 31.0. The molecule has 0 bridgehead atoms. The van der Waals surface area contributed by atoms with Crippen LogP contribution in [0.5, 0.6) is 0 Å². The van der Waals surface area contributed by atoms with Gasteiger partial charge in [0, 0.05) is 60.7 Å². The highest BCUT2D eigenvalue weighted by atomic mass is 35.5. The van der Waals surface area contributed by atoms with E-state index in [9.17, 15) is 19.2 Å². The molecule has 1 atom stereocenters. The van der Waals surface area contributed by atoms with Gasteiger partial charge in [0.2, 0.25) is 11.8 Å². The third-order valence-corrected chi connectivity index (χ3v) is 10.4. The first kappa shape index (κ1) is 29.2. The summed E-state index contributed by atoms with van der Waals surface area (Å²) in [6.07, 6.45) is 3.58. The van der Waals surface area contributed by atoms with Crippen molar-refractivity contribution in [3.63, 3.8) is 0 Å². The van der Waals surface area contributed by atoms with E-state index in [0.29, 0.717) is 13.1 Å². The summed E-state index contributed by atoms with van der Waals surface area (Å²) in [6.45, 7) is 8.44. The molecule has 44 heavy (non-hydrogen) atoms. The van der Waals surface area contributed by atoms with Gasteiger partial charge in [-0.05, 0) is 66.5 Å². The molecule has 10 heteroatoms. The van der Waals surface area contributed by atoms with E-state index >= 15 is 4.39 Å². The summed E-state index contributed by atoms with van der Waals surface area (Å²) in [6, 6.07) is 10.2. The lowest BCUT2D eigenvalue weighted by Crippen LogP contribution is -2.73. The molecular formula is C34H36ClFN4O4. The quantitative estimate of drug-likeness (QED) is 0.493. The average molecular weight is 619 g/mol. The Morgan fingerprint density at radius 3 is 2.45 bits per heavy atom. The molecule has 2 aromatic rings. The molecule has 2 aromatic carbocycles. The molecule has 1 unspecified atom stereocenters. The lowest BCUT2D eigenvalue weighted by atomic mass is 9.70. The van der Waals surface area contributed by atoms with Crippen LogP contribution < -0.4 is 5.32 Å². The van der Waals surface area contributed by atoms with Gasteiger partial charge in [-0.15, -0.1) is 0 Å². The van der Waals surface area contributed by atoms with Crippen molar-refractivity contribution < 1.29 is 23.6 Å². The van der Waals surface area contributed by atoms with Gasteiger partial charge in [0.05, 0.1) is 12.1 Å². The maximum Gasteiger partial charge on any atom is 0.256 e.